The Balaban J connectivity index is 2.29. The molecule has 18 heavy (non-hydrogen) atoms. The summed E-state index contributed by atoms with van der Waals surface area (Å²) in [6.07, 6.45) is 1.95. The fraction of sp³-hybridized carbons (Fsp3) is 0.636. The number of anilines is 2. The van der Waals surface area contributed by atoms with Crippen LogP contribution in [-0.4, -0.2) is 60.8 Å². The number of ether oxygens (including phenoxy) is 1. The predicted octanol–water partition coefficient (Wildman–Crippen LogP) is 0.438. The molecule has 0 aliphatic carbocycles. The monoisotopic (exact) mass is 270 g/mol. The van der Waals surface area contributed by atoms with Crippen molar-refractivity contribution in [1.82, 2.24) is 9.97 Å². The van der Waals surface area contributed by atoms with E-state index >= 15 is 0 Å². The van der Waals surface area contributed by atoms with E-state index in [1.165, 1.54) is 11.8 Å². The molecule has 6 nitrogen and oxygen atoms in total. The van der Waals surface area contributed by atoms with E-state index in [2.05, 4.69) is 20.2 Å². The Kier molecular flexibility index (Phi) is 4.62. The maximum absolute atomic E-state index is 9.39. The summed E-state index contributed by atoms with van der Waals surface area (Å²) in [5.74, 6) is 1.62. The Bertz CT molecular complexity index is 382. The van der Waals surface area contributed by atoms with Gasteiger partial charge in [-0.1, -0.05) is 11.8 Å². The average Bonchev–Trinajstić information content (AvgIpc) is 2.46. The van der Waals surface area contributed by atoms with Crippen LogP contribution in [-0.2, 0) is 4.74 Å². The zero-order valence-corrected chi connectivity index (χ0v) is 11.4. The van der Waals surface area contributed by atoms with Gasteiger partial charge in [-0.25, -0.2) is 9.97 Å². The minimum absolute atomic E-state index is 0.0342. The Morgan fingerprint density at radius 2 is 2.44 bits per heavy atom. The van der Waals surface area contributed by atoms with Crippen molar-refractivity contribution < 1.29 is 9.84 Å². The van der Waals surface area contributed by atoms with Crippen LogP contribution in [0.25, 0.3) is 0 Å². The second-order valence-electron chi connectivity index (χ2n) is 3.95. The van der Waals surface area contributed by atoms with Crippen LogP contribution < -0.4 is 10.2 Å². The van der Waals surface area contributed by atoms with Crippen molar-refractivity contribution in [2.24, 2.45) is 0 Å². The van der Waals surface area contributed by atoms with Crippen molar-refractivity contribution in [3.63, 3.8) is 0 Å². The van der Waals surface area contributed by atoms with Gasteiger partial charge in [0.1, 0.15) is 11.6 Å². The largest absolute Gasteiger partial charge is 0.394 e. The van der Waals surface area contributed by atoms with Crippen LogP contribution in [0.5, 0.6) is 0 Å². The molecule has 0 radical (unpaired) electrons. The van der Waals surface area contributed by atoms with Gasteiger partial charge in [0, 0.05) is 19.7 Å². The molecule has 2 N–H and O–H groups in total. The van der Waals surface area contributed by atoms with Crippen LogP contribution in [0.15, 0.2) is 11.2 Å². The first kappa shape index (κ1) is 13.4. The van der Waals surface area contributed by atoms with Crippen molar-refractivity contribution in [3.05, 3.63) is 6.07 Å². The number of hydrogen-bond acceptors (Lipinski definition) is 7. The highest BCUT2D eigenvalue weighted by Gasteiger charge is 2.24. The summed E-state index contributed by atoms with van der Waals surface area (Å²) in [6, 6.07) is 1.86. The van der Waals surface area contributed by atoms with Gasteiger partial charge in [0.25, 0.3) is 0 Å². The van der Waals surface area contributed by atoms with Gasteiger partial charge in [0.15, 0.2) is 5.16 Å². The molecule has 0 bridgehead atoms. The summed E-state index contributed by atoms with van der Waals surface area (Å²) < 4.78 is 5.37. The zero-order chi connectivity index (χ0) is 13.0. The number of nitrogens with one attached hydrogen (secondary N) is 1. The lowest BCUT2D eigenvalue weighted by atomic mass is 10.2. The van der Waals surface area contributed by atoms with Gasteiger partial charge in [-0.05, 0) is 6.26 Å². The first-order valence-corrected chi connectivity index (χ1v) is 7.07. The molecule has 0 amide bonds. The van der Waals surface area contributed by atoms with Gasteiger partial charge in [-0.15, -0.1) is 0 Å². The quantitative estimate of drug-likeness (QED) is 0.607. The molecular formula is C11H18N4O2S. The maximum atomic E-state index is 9.39. The molecule has 1 saturated heterocycles. The topological polar surface area (TPSA) is 70.5 Å². The number of rotatable bonds is 4. The van der Waals surface area contributed by atoms with Gasteiger partial charge in [-0.2, -0.15) is 0 Å². The van der Waals surface area contributed by atoms with E-state index in [0.717, 1.165) is 23.3 Å². The third-order valence-electron chi connectivity index (χ3n) is 2.86. The van der Waals surface area contributed by atoms with Crippen LogP contribution in [0.4, 0.5) is 11.6 Å². The third-order valence-corrected chi connectivity index (χ3v) is 3.41. The summed E-state index contributed by atoms with van der Waals surface area (Å²) in [6.45, 7) is 1.99. The molecule has 1 aliphatic rings. The Labute approximate surface area is 111 Å². The van der Waals surface area contributed by atoms with Gasteiger partial charge >= 0.3 is 0 Å². The fourth-order valence-corrected chi connectivity index (χ4v) is 2.26. The van der Waals surface area contributed by atoms with Crippen molar-refractivity contribution in [3.8, 4) is 0 Å². The molecular weight excluding hydrogens is 252 g/mol. The molecule has 100 valence electrons. The summed E-state index contributed by atoms with van der Waals surface area (Å²) in [5.41, 5.74) is 0. The Hall–Kier alpha value is -1.05. The molecule has 7 heteroatoms. The van der Waals surface area contributed by atoms with Crippen molar-refractivity contribution >= 4 is 23.4 Å². The molecule has 1 atom stereocenters. The van der Waals surface area contributed by atoms with Crippen molar-refractivity contribution in [2.45, 2.75) is 11.2 Å². The number of aliphatic hydroxyl groups excluding tert-OH is 1. The normalized spacial score (nSPS) is 19.9. The molecule has 1 aliphatic heterocycles. The number of hydrogen-bond donors (Lipinski definition) is 2. The second kappa shape index (κ2) is 6.21. The lowest BCUT2D eigenvalue weighted by Crippen LogP contribution is -2.48. The highest BCUT2D eigenvalue weighted by molar-refractivity contribution is 7.98. The van der Waals surface area contributed by atoms with E-state index in [4.69, 9.17) is 4.74 Å². The zero-order valence-electron chi connectivity index (χ0n) is 10.6. The third kappa shape index (κ3) is 2.85. The lowest BCUT2D eigenvalue weighted by Gasteiger charge is -2.35. The average molecular weight is 270 g/mol. The predicted molar refractivity (Wildman–Crippen MR) is 72.4 cm³/mol. The van der Waals surface area contributed by atoms with Gasteiger partial charge < -0.3 is 20.1 Å². The van der Waals surface area contributed by atoms with E-state index in [-0.39, 0.29) is 12.6 Å². The number of aromatic nitrogens is 2. The minimum atomic E-state index is -0.0342. The highest BCUT2D eigenvalue weighted by Crippen LogP contribution is 2.23. The van der Waals surface area contributed by atoms with Crippen LogP contribution in [0, 0.1) is 0 Å². The molecule has 1 aromatic heterocycles. The van der Waals surface area contributed by atoms with E-state index in [9.17, 15) is 5.11 Å². The maximum Gasteiger partial charge on any atom is 0.191 e. The Morgan fingerprint density at radius 3 is 3.11 bits per heavy atom. The fourth-order valence-electron chi connectivity index (χ4n) is 1.89. The van der Waals surface area contributed by atoms with E-state index < -0.39 is 0 Å². The molecule has 2 heterocycles. The standard InChI is InChI=1S/C11H18N4O2S/c1-12-9-5-10(14-11(13-9)18-2)15-3-4-17-7-8(15)6-16/h5,8,16H,3-4,6-7H2,1-2H3,(H,12,13,14). The van der Waals surface area contributed by atoms with E-state index in [1.54, 1.807) is 0 Å². The number of aliphatic hydroxyl groups is 1. The van der Waals surface area contributed by atoms with Gasteiger partial charge in [0.05, 0.1) is 25.9 Å². The van der Waals surface area contributed by atoms with Crippen LogP contribution >= 0.6 is 11.8 Å². The SMILES string of the molecule is CNc1cc(N2CCOCC2CO)nc(SC)n1. The minimum Gasteiger partial charge on any atom is -0.394 e. The van der Waals surface area contributed by atoms with Crippen molar-refractivity contribution in [2.75, 3.05) is 49.9 Å². The molecule has 2 rings (SSSR count). The second-order valence-corrected chi connectivity index (χ2v) is 4.73. The van der Waals surface area contributed by atoms with E-state index in [1.807, 2.05) is 19.4 Å². The molecule has 1 fully saturated rings. The summed E-state index contributed by atoms with van der Waals surface area (Å²) >= 11 is 1.50. The Morgan fingerprint density at radius 1 is 1.61 bits per heavy atom. The first-order chi connectivity index (χ1) is 8.78. The molecule has 1 aromatic rings. The van der Waals surface area contributed by atoms with Crippen LogP contribution in [0.2, 0.25) is 0 Å². The summed E-state index contributed by atoms with van der Waals surface area (Å²) in [4.78, 5) is 10.9. The molecule has 0 aromatic carbocycles. The number of morpholine rings is 1. The molecule has 1 unspecified atom stereocenters. The summed E-state index contributed by atoms with van der Waals surface area (Å²) in [5, 5.41) is 13.1. The smallest absolute Gasteiger partial charge is 0.191 e. The summed E-state index contributed by atoms with van der Waals surface area (Å²) in [7, 11) is 1.83. The molecule has 0 spiro atoms. The van der Waals surface area contributed by atoms with Crippen LogP contribution in [0.1, 0.15) is 0 Å². The number of thioether (sulfide) groups is 1. The van der Waals surface area contributed by atoms with Crippen LogP contribution in [0.3, 0.4) is 0 Å². The van der Waals surface area contributed by atoms with Gasteiger partial charge in [-0.3, -0.25) is 0 Å². The van der Waals surface area contributed by atoms with Gasteiger partial charge in [0.2, 0.25) is 0 Å². The molecule has 0 saturated carbocycles. The van der Waals surface area contributed by atoms with E-state index in [0.29, 0.717) is 13.2 Å². The van der Waals surface area contributed by atoms with Crippen molar-refractivity contribution in [1.29, 1.82) is 0 Å². The highest BCUT2D eigenvalue weighted by atomic mass is 32.2. The first-order valence-electron chi connectivity index (χ1n) is 5.84. The number of nitrogens with zero attached hydrogens (tertiary/aromatic N) is 3. The lowest BCUT2D eigenvalue weighted by molar-refractivity contribution is 0.0722.